The van der Waals surface area contributed by atoms with Crippen molar-refractivity contribution in [2.45, 2.75) is 6.54 Å². The van der Waals surface area contributed by atoms with Crippen molar-refractivity contribution in [3.8, 4) is 5.75 Å². The number of methoxy groups -OCH3 is 1. The number of halogens is 1. The van der Waals surface area contributed by atoms with Crippen molar-refractivity contribution in [2.24, 2.45) is 0 Å². The fraction of sp³-hybridized carbons (Fsp3) is 0.118. The Kier molecular flexibility index (Phi) is 3.69. The maximum absolute atomic E-state index is 12.9. The van der Waals surface area contributed by atoms with Gasteiger partial charge in [0, 0.05) is 18.1 Å². The molecule has 0 aliphatic heterocycles. The molecule has 0 spiro atoms. The van der Waals surface area contributed by atoms with Crippen LogP contribution in [0, 0.1) is 5.82 Å². The molecule has 1 heterocycles. The van der Waals surface area contributed by atoms with Gasteiger partial charge in [0.2, 0.25) is 0 Å². The van der Waals surface area contributed by atoms with E-state index in [-0.39, 0.29) is 5.82 Å². The van der Waals surface area contributed by atoms with E-state index < -0.39 is 0 Å². The van der Waals surface area contributed by atoms with Gasteiger partial charge in [0.25, 0.3) is 0 Å². The summed E-state index contributed by atoms with van der Waals surface area (Å²) < 4.78 is 18.2. The van der Waals surface area contributed by atoms with Gasteiger partial charge < -0.3 is 10.1 Å². The summed E-state index contributed by atoms with van der Waals surface area (Å²) in [6.07, 6.45) is 1.77. The van der Waals surface area contributed by atoms with Gasteiger partial charge in [-0.15, -0.1) is 0 Å². The zero-order valence-electron chi connectivity index (χ0n) is 11.6. The average Bonchev–Trinajstić information content (AvgIpc) is 2.54. The molecule has 21 heavy (non-hydrogen) atoms. The van der Waals surface area contributed by atoms with Gasteiger partial charge in [0.15, 0.2) is 0 Å². The summed E-state index contributed by atoms with van der Waals surface area (Å²) in [5.74, 6) is 1.35. The standard InChI is InChI=1S/C17H15FN2O/c1-21-15-7-4-13-8-9-19-17(16(13)10-15)20-11-12-2-5-14(18)6-3-12/h2-10H,11H2,1H3,(H,19,20). The molecule has 0 saturated heterocycles. The van der Waals surface area contributed by atoms with E-state index in [1.54, 1.807) is 25.4 Å². The second-order valence-electron chi connectivity index (χ2n) is 4.73. The van der Waals surface area contributed by atoms with E-state index in [1.807, 2.05) is 24.3 Å². The van der Waals surface area contributed by atoms with Gasteiger partial charge in [-0.3, -0.25) is 0 Å². The van der Waals surface area contributed by atoms with E-state index in [9.17, 15) is 4.39 Å². The van der Waals surface area contributed by atoms with E-state index in [0.717, 1.165) is 27.9 Å². The minimum absolute atomic E-state index is 0.230. The van der Waals surface area contributed by atoms with Crippen LogP contribution in [-0.2, 0) is 6.54 Å². The molecule has 0 radical (unpaired) electrons. The summed E-state index contributed by atoms with van der Waals surface area (Å²) in [5, 5.41) is 5.37. The highest BCUT2D eigenvalue weighted by Gasteiger charge is 2.04. The molecule has 3 nitrogen and oxygen atoms in total. The number of hydrogen-bond donors (Lipinski definition) is 1. The number of aromatic nitrogens is 1. The molecule has 1 aromatic heterocycles. The normalized spacial score (nSPS) is 10.6. The van der Waals surface area contributed by atoms with Crippen LogP contribution in [0.2, 0.25) is 0 Å². The Morgan fingerprint density at radius 1 is 1.10 bits per heavy atom. The zero-order valence-corrected chi connectivity index (χ0v) is 11.6. The van der Waals surface area contributed by atoms with Crippen molar-refractivity contribution in [1.29, 1.82) is 0 Å². The third kappa shape index (κ3) is 2.94. The third-order valence-electron chi connectivity index (χ3n) is 3.35. The number of benzene rings is 2. The Morgan fingerprint density at radius 2 is 1.90 bits per heavy atom. The Labute approximate surface area is 122 Å². The molecular weight excluding hydrogens is 267 g/mol. The minimum atomic E-state index is -0.230. The monoisotopic (exact) mass is 282 g/mol. The zero-order chi connectivity index (χ0) is 14.7. The molecule has 0 unspecified atom stereocenters. The highest BCUT2D eigenvalue weighted by atomic mass is 19.1. The quantitative estimate of drug-likeness (QED) is 0.785. The van der Waals surface area contributed by atoms with E-state index in [0.29, 0.717) is 6.54 Å². The highest BCUT2D eigenvalue weighted by molar-refractivity contribution is 5.92. The smallest absolute Gasteiger partial charge is 0.134 e. The molecule has 3 rings (SSSR count). The SMILES string of the molecule is COc1ccc2ccnc(NCc3ccc(F)cc3)c2c1. The lowest BCUT2D eigenvalue weighted by Crippen LogP contribution is -2.02. The summed E-state index contributed by atoms with van der Waals surface area (Å²) in [6.45, 7) is 0.587. The molecule has 0 atom stereocenters. The van der Waals surface area contributed by atoms with Gasteiger partial charge in [-0.1, -0.05) is 18.2 Å². The summed E-state index contributed by atoms with van der Waals surface area (Å²) >= 11 is 0. The maximum Gasteiger partial charge on any atom is 0.134 e. The van der Waals surface area contributed by atoms with Crippen LogP contribution in [0.4, 0.5) is 10.2 Å². The summed E-state index contributed by atoms with van der Waals surface area (Å²) in [4.78, 5) is 4.37. The van der Waals surface area contributed by atoms with Crippen molar-refractivity contribution >= 4 is 16.6 Å². The van der Waals surface area contributed by atoms with Gasteiger partial charge in [-0.2, -0.15) is 0 Å². The highest BCUT2D eigenvalue weighted by Crippen LogP contribution is 2.26. The molecule has 0 amide bonds. The van der Waals surface area contributed by atoms with E-state index in [4.69, 9.17) is 4.74 Å². The summed E-state index contributed by atoms with van der Waals surface area (Å²) in [7, 11) is 1.64. The largest absolute Gasteiger partial charge is 0.497 e. The van der Waals surface area contributed by atoms with Crippen LogP contribution in [0.25, 0.3) is 10.8 Å². The van der Waals surface area contributed by atoms with Gasteiger partial charge in [-0.05, 0) is 41.3 Å². The lowest BCUT2D eigenvalue weighted by molar-refractivity contribution is 0.415. The number of pyridine rings is 1. The van der Waals surface area contributed by atoms with Crippen LogP contribution in [0.3, 0.4) is 0 Å². The minimum Gasteiger partial charge on any atom is -0.497 e. The number of nitrogens with zero attached hydrogens (tertiary/aromatic N) is 1. The molecule has 0 saturated carbocycles. The van der Waals surface area contributed by atoms with Crippen molar-refractivity contribution in [3.63, 3.8) is 0 Å². The number of fused-ring (bicyclic) bond motifs is 1. The van der Waals surface area contributed by atoms with E-state index in [1.165, 1.54) is 12.1 Å². The summed E-state index contributed by atoms with van der Waals surface area (Å²) in [5.41, 5.74) is 0.998. The number of rotatable bonds is 4. The molecule has 1 N–H and O–H groups in total. The van der Waals surface area contributed by atoms with Crippen molar-refractivity contribution in [1.82, 2.24) is 4.98 Å². The van der Waals surface area contributed by atoms with Crippen LogP contribution >= 0.6 is 0 Å². The van der Waals surface area contributed by atoms with Gasteiger partial charge in [-0.25, -0.2) is 9.37 Å². The van der Waals surface area contributed by atoms with Crippen LogP contribution < -0.4 is 10.1 Å². The predicted molar refractivity (Wildman–Crippen MR) is 82.0 cm³/mol. The fourth-order valence-corrected chi connectivity index (χ4v) is 2.20. The molecule has 0 fully saturated rings. The molecule has 106 valence electrons. The van der Waals surface area contributed by atoms with Crippen molar-refractivity contribution in [3.05, 3.63) is 66.1 Å². The fourth-order valence-electron chi connectivity index (χ4n) is 2.20. The Hall–Kier alpha value is -2.62. The molecular formula is C17H15FN2O. The van der Waals surface area contributed by atoms with Gasteiger partial charge in [0.05, 0.1) is 7.11 Å². The molecule has 0 aliphatic rings. The van der Waals surface area contributed by atoms with Crippen molar-refractivity contribution < 1.29 is 9.13 Å². The third-order valence-corrected chi connectivity index (χ3v) is 3.35. The van der Waals surface area contributed by atoms with Gasteiger partial charge in [0.1, 0.15) is 17.4 Å². The molecule has 0 bridgehead atoms. The second kappa shape index (κ2) is 5.79. The first-order valence-electron chi connectivity index (χ1n) is 6.67. The number of anilines is 1. The lowest BCUT2D eigenvalue weighted by atomic mass is 10.1. The lowest BCUT2D eigenvalue weighted by Gasteiger charge is -2.10. The molecule has 2 aromatic carbocycles. The van der Waals surface area contributed by atoms with E-state index >= 15 is 0 Å². The first-order valence-corrected chi connectivity index (χ1v) is 6.67. The van der Waals surface area contributed by atoms with Crippen LogP contribution in [-0.4, -0.2) is 12.1 Å². The van der Waals surface area contributed by atoms with Crippen molar-refractivity contribution in [2.75, 3.05) is 12.4 Å². The first-order chi connectivity index (χ1) is 10.3. The van der Waals surface area contributed by atoms with Crippen LogP contribution in [0.15, 0.2) is 54.7 Å². The Bertz CT molecular complexity index is 756. The maximum atomic E-state index is 12.9. The van der Waals surface area contributed by atoms with Crippen LogP contribution in [0.1, 0.15) is 5.56 Å². The molecule has 4 heteroatoms. The average molecular weight is 282 g/mol. The number of nitrogens with one attached hydrogen (secondary N) is 1. The molecule has 3 aromatic rings. The number of hydrogen-bond acceptors (Lipinski definition) is 3. The Balaban J connectivity index is 1.87. The first kappa shape index (κ1) is 13.4. The Morgan fingerprint density at radius 3 is 2.67 bits per heavy atom. The second-order valence-corrected chi connectivity index (χ2v) is 4.73. The van der Waals surface area contributed by atoms with Crippen LogP contribution in [0.5, 0.6) is 5.75 Å². The molecule has 0 aliphatic carbocycles. The predicted octanol–water partition coefficient (Wildman–Crippen LogP) is 3.99. The van der Waals surface area contributed by atoms with Gasteiger partial charge >= 0.3 is 0 Å². The number of ether oxygens (including phenoxy) is 1. The summed E-state index contributed by atoms with van der Waals surface area (Å²) in [6, 6.07) is 14.3. The van der Waals surface area contributed by atoms with E-state index in [2.05, 4.69) is 10.3 Å². The topological polar surface area (TPSA) is 34.1 Å².